The van der Waals surface area contributed by atoms with Crippen LogP contribution in [-0.2, 0) is 0 Å². The van der Waals surface area contributed by atoms with Gasteiger partial charge >= 0.3 is 6.98 Å². The van der Waals surface area contributed by atoms with Gasteiger partial charge in [-0.25, -0.2) is 8.78 Å². The smallest absolute Gasteiger partial charge is 0.445 e. The van der Waals surface area contributed by atoms with E-state index in [-0.39, 0.29) is 6.07 Å². The van der Waals surface area contributed by atoms with Crippen LogP contribution >= 0.6 is 0 Å². The minimum Gasteiger partial charge on any atom is -0.445 e. The Morgan fingerprint density at radius 2 is 1.62 bits per heavy atom. The molecular formula is C6H4BF5N-. The van der Waals surface area contributed by atoms with Gasteiger partial charge in [0.25, 0.3) is 0 Å². The van der Waals surface area contributed by atoms with Crippen molar-refractivity contribution >= 4 is 18.1 Å². The van der Waals surface area contributed by atoms with Crippen LogP contribution < -0.4 is 11.2 Å². The van der Waals surface area contributed by atoms with Crippen molar-refractivity contribution in [2.45, 2.75) is 0 Å². The van der Waals surface area contributed by atoms with E-state index in [9.17, 15) is 21.7 Å². The van der Waals surface area contributed by atoms with Crippen LogP contribution in [0, 0.1) is 11.6 Å². The molecule has 7 heteroatoms. The van der Waals surface area contributed by atoms with Gasteiger partial charge in [-0.15, -0.1) is 5.46 Å². The molecule has 0 amide bonds. The first kappa shape index (κ1) is 9.82. The average molecular weight is 196 g/mol. The van der Waals surface area contributed by atoms with Gasteiger partial charge in [-0.05, 0) is 0 Å². The van der Waals surface area contributed by atoms with Gasteiger partial charge in [0, 0.05) is 0 Å². The summed E-state index contributed by atoms with van der Waals surface area (Å²) in [6.45, 7) is -5.34. The van der Waals surface area contributed by atoms with Crippen LogP contribution in [-0.4, -0.2) is 6.98 Å². The van der Waals surface area contributed by atoms with Crippen molar-refractivity contribution < 1.29 is 21.7 Å². The molecule has 0 atom stereocenters. The summed E-state index contributed by atoms with van der Waals surface area (Å²) < 4.78 is 60.9. The number of anilines is 1. The zero-order valence-corrected chi connectivity index (χ0v) is 6.20. The van der Waals surface area contributed by atoms with Crippen molar-refractivity contribution in [3.63, 3.8) is 0 Å². The second-order valence-corrected chi connectivity index (χ2v) is 2.48. The Morgan fingerprint density at radius 1 is 1.08 bits per heavy atom. The number of halogens is 5. The quantitative estimate of drug-likeness (QED) is 0.412. The van der Waals surface area contributed by atoms with Crippen molar-refractivity contribution in [2.75, 3.05) is 5.73 Å². The zero-order valence-electron chi connectivity index (χ0n) is 6.20. The lowest BCUT2D eigenvalue weighted by molar-refractivity contribution is 0.494. The van der Waals surface area contributed by atoms with Crippen LogP contribution in [0.5, 0.6) is 0 Å². The highest BCUT2D eigenvalue weighted by Crippen LogP contribution is 2.16. The maximum absolute atomic E-state index is 12.4. The number of nitrogens with two attached hydrogens (primary N) is 1. The van der Waals surface area contributed by atoms with E-state index in [0.29, 0.717) is 6.07 Å². The first-order chi connectivity index (χ1) is 5.82. The van der Waals surface area contributed by atoms with Crippen LogP contribution in [0.3, 0.4) is 0 Å². The summed E-state index contributed by atoms with van der Waals surface area (Å²) in [4.78, 5) is 0. The summed E-state index contributed by atoms with van der Waals surface area (Å²) in [5.41, 5.74) is 2.74. The van der Waals surface area contributed by atoms with Crippen molar-refractivity contribution in [3.8, 4) is 0 Å². The van der Waals surface area contributed by atoms with Crippen LogP contribution in [0.4, 0.5) is 27.4 Å². The normalized spacial score (nSPS) is 11.8. The van der Waals surface area contributed by atoms with Crippen molar-refractivity contribution in [1.29, 1.82) is 0 Å². The molecule has 0 spiro atoms. The third kappa shape index (κ3) is 1.91. The molecule has 1 rings (SSSR count). The minimum absolute atomic E-state index is 0.0890. The summed E-state index contributed by atoms with van der Waals surface area (Å²) in [7, 11) is 0. The van der Waals surface area contributed by atoms with E-state index in [1.165, 1.54) is 0 Å². The molecule has 0 saturated carbocycles. The Kier molecular flexibility index (Phi) is 2.19. The van der Waals surface area contributed by atoms with E-state index < -0.39 is 29.8 Å². The van der Waals surface area contributed by atoms with Gasteiger partial charge in [0.05, 0.1) is 5.69 Å². The number of nitrogen functional groups attached to an aromatic ring is 1. The third-order valence-corrected chi connectivity index (χ3v) is 1.46. The molecule has 0 fully saturated rings. The highest BCUT2D eigenvalue weighted by molar-refractivity contribution is 6.73. The number of rotatable bonds is 1. The Balaban J connectivity index is 3.29. The molecule has 0 heterocycles. The lowest BCUT2D eigenvalue weighted by Crippen LogP contribution is -2.34. The third-order valence-electron chi connectivity index (χ3n) is 1.46. The second kappa shape index (κ2) is 2.90. The second-order valence-electron chi connectivity index (χ2n) is 2.48. The molecule has 0 aliphatic rings. The summed E-state index contributed by atoms with van der Waals surface area (Å²) in [5.74, 6) is -3.04. The summed E-state index contributed by atoms with van der Waals surface area (Å²) >= 11 is 0. The van der Waals surface area contributed by atoms with Crippen LogP contribution in [0.1, 0.15) is 0 Å². The highest BCUT2D eigenvalue weighted by Gasteiger charge is 2.27. The molecule has 0 bridgehead atoms. The molecule has 2 N–H and O–H groups in total. The van der Waals surface area contributed by atoms with Crippen LogP contribution in [0.25, 0.3) is 0 Å². The predicted molar refractivity (Wildman–Crippen MR) is 39.5 cm³/mol. The molecule has 1 aromatic carbocycles. The Morgan fingerprint density at radius 3 is 2.00 bits per heavy atom. The minimum atomic E-state index is -5.34. The van der Waals surface area contributed by atoms with Crippen LogP contribution in [0.15, 0.2) is 12.1 Å². The fraction of sp³-hybridized carbons (Fsp3) is 0. The van der Waals surface area contributed by atoms with E-state index in [0.717, 1.165) is 0 Å². The maximum Gasteiger partial charge on any atom is 0.509 e. The van der Waals surface area contributed by atoms with Gasteiger partial charge in [-0.3, -0.25) is 0 Å². The van der Waals surface area contributed by atoms with E-state index >= 15 is 0 Å². The lowest BCUT2D eigenvalue weighted by Gasteiger charge is -2.15. The molecule has 0 unspecified atom stereocenters. The highest BCUT2D eigenvalue weighted by atomic mass is 19.4. The van der Waals surface area contributed by atoms with Crippen molar-refractivity contribution in [3.05, 3.63) is 23.8 Å². The monoisotopic (exact) mass is 196 g/mol. The molecule has 0 aliphatic carbocycles. The summed E-state index contributed by atoms with van der Waals surface area (Å²) in [6, 6.07) is 0.462. The first-order valence-corrected chi connectivity index (χ1v) is 3.26. The molecular weight excluding hydrogens is 192 g/mol. The van der Waals surface area contributed by atoms with E-state index in [1.807, 2.05) is 0 Å². The van der Waals surface area contributed by atoms with E-state index in [4.69, 9.17) is 5.73 Å². The SMILES string of the molecule is Nc1cc([B-](F)(F)F)cc(F)c1F. The van der Waals surface area contributed by atoms with Gasteiger partial charge in [-0.2, -0.15) is 0 Å². The summed E-state index contributed by atoms with van der Waals surface area (Å²) in [5, 5.41) is 0. The van der Waals surface area contributed by atoms with Gasteiger partial charge in [0.15, 0.2) is 11.6 Å². The molecule has 0 aliphatic heterocycles. The Hall–Kier alpha value is -1.27. The number of hydrogen-bond acceptors (Lipinski definition) is 1. The molecule has 72 valence electrons. The zero-order chi connectivity index (χ0) is 10.2. The molecule has 1 nitrogen and oxygen atoms in total. The average Bonchev–Trinajstić information content (AvgIpc) is 1.97. The fourth-order valence-corrected chi connectivity index (χ4v) is 0.821. The fourth-order valence-electron chi connectivity index (χ4n) is 0.821. The van der Waals surface area contributed by atoms with E-state index in [1.54, 1.807) is 0 Å². The van der Waals surface area contributed by atoms with Gasteiger partial charge in [0.1, 0.15) is 0 Å². The van der Waals surface area contributed by atoms with E-state index in [2.05, 4.69) is 0 Å². The Labute approximate surface area is 70.4 Å². The van der Waals surface area contributed by atoms with Crippen molar-refractivity contribution in [1.82, 2.24) is 0 Å². The molecule has 1 aromatic rings. The van der Waals surface area contributed by atoms with Crippen LogP contribution in [0.2, 0.25) is 0 Å². The topological polar surface area (TPSA) is 26.0 Å². The number of hydrogen-bond donors (Lipinski definition) is 1. The van der Waals surface area contributed by atoms with Gasteiger partial charge in [0.2, 0.25) is 0 Å². The standard InChI is InChI=1S/C6H4BF5N/c8-4-1-3(7(10,11)12)2-5(13)6(4)9/h1-2H,13H2/q-1. The molecule has 0 aromatic heterocycles. The summed E-state index contributed by atoms with van der Waals surface area (Å²) in [6.07, 6.45) is 0. The van der Waals surface area contributed by atoms with Gasteiger partial charge in [-0.1, -0.05) is 12.1 Å². The van der Waals surface area contributed by atoms with Crippen molar-refractivity contribution in [2.24, 2.45) is 0 Å². The predicted octanol–water partition coefficient (Wildman–Crippen LogP) is 1.60. The first-order valence-electron chi connectivity index (χ1n) is 3.26. The largest absolute Gasteiger partial charge is 0.509 e. The van der Waals surface area contributed by atoms with Gasteiger partial charge < -0.3 is 18.7 Å². The molecule has 13 heavy (non-hydrogen) atoms. The molecule has 0 saturated heterocycles. The Bertz CT molecular complexity index is 311. The maximum atomic E-state index is 12.4. The lowest BCUT2D eigenvalue weighted by atomic mass is 9.80. The molecule has 0 radical (unpaired) electrons. The number of benzene rings is 1.